The molecule has 0 aliphatic carbocycles. The second-order valence-corrected chi connectivity index (χ2v) is 8.54. The normalized spacial score (nSPS) is 28.2. The van der Waals surface area contributed by atoms with Gasteiger partial charge in [-0.3, -0.25) is 0 Å². The van der Waals surface area contributed by atoms with Gasteiger partial charge in [-0.15, -0.1) is 0 Å². The number of anilines is 1. The first-order chi connectivity index (χ1) is 13.8. The minimum atomic E-state index is -1.26. The molecule has 4 N–H and O–H groups in total. The molecule has 6 nitrogen and oxygen atoms in total. The molecule has 156 valence electrons. The minimum Gasteiger partial charge on any atom is -0.490 e. The fraction of sp³-hybridized carbons (Fsp3) is 0.478. The van der Waals surface area contributed by atoms with Crippen LogP contribution in [0.1, 0.15) is 42.2 Å². The quantitative estimate of drug-likeness (QED) is 0.633. The number of nitrogens with one attached hydrogen (secondary N) is 1. The van der Waals surface area contributed by atoms with Gasteiger partial charge in [0.25, 0.3) is 0 Å². The van der Waals surface area contributed by atoms with Crippen molar-refractivity contribution in [3.05, 3.63) is 58.7 Å². The van der Waals surface area contributed by atoms with Crippen LogP contribution in [0.2, 0.25) is 0 Å². The van der Waals surface area contributed by atoms with Crippen molar-refractivity contribution < 1.29 is 24.8 Å². The third-order valence-electron chi connectivity index (χ3n) is 5.94. The van der Waals surface area contributed by atoms with Crippen LogP contribution in [-0.4, -0.2) is 52.4 Å². The smallest absolute Gasteiger partial charge is 0.142 e. The molecule has 6 heteroatoms. The molecule has 1 fully saturated rings. The van der Waals surface area contributed by atoms with Crippen LogP contribution >= 0.6 is 0 Å². The summed E-state index contributed by atoms with van der Waals surface area (Å²) in [7, 11) is 0. The van der Waals surface area contributed by atoms with Crippen molar-refractivity contribution in [2.45, 2.75) is 57.2 Å². The first kappa shape index (κ1) is 20.2. The third-order valence-corrected chi connectivity index (χ3v) is 5.94. The van der Waals surface area contributed by atoms with E-state index < -0.39 is 30.0 Å². The number of rotatable bonds is 3. The molecule has 0 unspecified atom stereocenters. The fourth-order valence-electron chi connectivity index (χ4n) is 4.09. The number of hydrogen-bond donors (Lipinski definition) is 4. The van der Waals surface area contributed by atoms with Crippen LogP contribution < -0.4 is 10.1 Å². The van der Waals surface area contributed by atoms with E-state index in [9.17, 15) is 15.3 Å². The summed E-state index contributed by atoms with van der Waals surface area (Å²) in [6, 6.07) is 12.1. The molecule has 0 bridgehead atoms. The summed E-state index contributed by atoms with van der Waals surface area (Å²) < 4.78 is 11.6. The van der Waals surface area contributed by atoms with Gasteiger partial charge in [0.05, 0.1) is 11.3 Å². The molecule has 0 radical (unpaired) electrons. The molecule has 2 aliphatic rings. The molecule has 0 amide bonds. The molecule has 2 aromatic carbocycles. The van der Waals surface area contributed by atoms with E-state index in [-0.39, 0.29) is 0 Å². The highest BCUT2D eigenvalue weighted by molar-refractivity contribution is 5.59. The van der Waals surface area contributed by atoms with Crippen LogP contribution in [0, 0.1) is 6.92 Å². The zero-order valence-corrected chi connectivity index (χ0v) is 17.1. The van der Waals surface area contributed by atoms with Gasteiger partial charge < -0.3 is 30.1 Å². The molecule has 2 aliphatic heterocycles. The molecule has 2 heterocycles. The highest BCUT2D eigenvalue weighted by Crippen LogP contribution is 2.38. The Bertz CT molecular complexity index is 897. The van der Waals surface area contributed by atoms with Gasteiger partial charge in [0.2, 0.25) is 0 Å². The Kier molecular flexibility index (Phi) is 5.29. The van der Waals surface area contributed by atoms with Crippen molar-refractivity contribution in [2.24, 2.45) is 0 Å². The lowest BCUT2D eigenvalue weighted by Gasteiger charge is -2.45. The fourth-order valence-corrected chi connectivity index (χ4v) is 4.09. The topological polar surface area (TPSA) is 91.2 Å². The molecular formula is C23H29NO5. The lowest BCUT2D eigenvalue weighted by molar-refractivity contribution is -0.259. The van der Waals surface area contributed by atoms with Crippen LogP contribution in [0.3, 0.4) is 0 Å². The monoisotopic (exact) mass is 399 g/mol. The van der Waals surface area contributed by atoms with E-state index in [1.165, 1.54) is 0 Å². The van der Waals surface area contributed by atoms with Crippen LogP contribution in [0.25, 0.3) is 0 Å². The van der Waals surface area contributed by atoms with E-state index in [0.29, 0.717) is 6.61 Å². The summed E-state index contributed by atoms with van der Waals surface area (Å²) in [4.78, 5) is 0. The Balaban J connectivity index is 1.61. The van der Waals surface area contributed by atoms with E-state index in [0.717, 1.165) is 46.7 Å². The maximum Gasteiger partial charge on any atom is 0.142 e. The number of hydrogen-bond acceptors (Lipinski definition) is 6. The maximum absolute atomic E-state index is 10.5. The molecule has 1 saturated heterocycles. The molecule has 0 aromatic heterocycles. The maximum atomic E-state index is 10.5. The number of aryl methyl sites for hydroxylation is 1. The van der Waals surface area contributed by atoms with E-state index in [2.05, 4.69) is 24.4 Å². The van der Waals surface area contributed by atoms with Crippen LogP contribution in [0.15, 0.2) is 36.4 Å². The van der Waals surface area contributed by atoms with Crippen molar-refractivity contribution >= 4 is 5.69 Å². The molecule has 0 saturated carbocycles. The Morgan fingerprint density at radius 3 is 2.66 bits per heavy atom. The number of fused-ring (bicyclic) bond motifs is 1. The summed E-state index contributed by atoms with van der Waals surface area (Å²) in [5.41, 5.74) is 4.25. The number of ether oxygens (including phenoxy) is 2. The summed E-state index contributed by atoms with van der Waals surface area (Å²) >= 11 is 0. The molecular weight excluding hydrogens is 370 g/mol. The molecule has 2 aromatic rings. The number of benzene rings is 2. The van der Waals surface area contributed by atoms with E-state index >= 15 is 0 Å². The molecule has 4 rings (SSSR count). The van der Waals surface area contributed by atoms with Crippen molar-refractivity contribution in [2.75, 3.05) is 18.5 Å². The van der Waals surface area contributed by atoms with Crippen molar-refractivity contribution in [1.29, 1.82) is 0 Å². The zero-order chi connectivity index (χ0) is 20.8. The summed E-state index contributed by atoms with van der Waals surface area (Å²) in [6.07, 6.45) is -3.59. The van der Waals surface area contributed by atoms with Gasteiger partial charge in [0.15, 0.2) is 0 Å². The van der Waals surface area contributed by atoms with Crippen molar-refractivity contribution in [3.63, 3.8) is 0 Å². The van der Waals surface area contributed by atoms with E-state index in [4.69, 9.17) is 9.47 Å². The molecule has 0 spiro atoms. The Morgan fingerprint density at radius 1 is 1.07 bits per heavy atom. The number of aliphatic hydroxyl groups excluding tert-OH is 3. The van der Waals surface area contributed by atoms with Crippen molar-refractivity contribution in [3.8, 4) is 5.75 Å². The SMILES string of the molecule is Cc1ccc([C@@H]2OC(C)(C)[C@@H](O)[C@H](O)[C@H]2O)cc1Cc1ccc2c(c1)NCCO2. The average Bonchev–Trinajstić information content (AvgIpc) is 2.71. The van der Waals surface area contributed by atoms with E-state index in [1.807, 2.05) is 24.3 Å². The largest absolute Gasteiger partial charge is 0.490 e. The standard InChI is InChI=1S/C23H29NO5/c1-13-4-6-15(21-19(25)20(26)22(27)23(2,3)29-21)12-16(13)10-14-5-7-18-17(11-14)24-8-9-28-18/h4-7,11-12,19-22,24-27H,8-10H2,1-3H3/t19-,20-,21+,22+/m1/s1. The van der Waals surface area contributed by atoms with Gasteiger partial charge in [-0.05, 0) is 61.6 Å². The predicted molar refractivity (Wildman–Crippen MR) is 110 cm³/mol. The van der Waals surface area contributed by atoms with Gasteiger partial charge in [0.1, 0.15) is 36.8 Å². The van der Waals surface area contributed by atoms with Gasteiger partial charge >= 0.3 is 0 Å². The Hall–Kier alpha value is -2.12. The van der Waals surface area contributed by atoms with Crippen LogP contribution in [-0.2, 0) is 11.2 Å². The highest BCUT2D eigenvalue weighted by Gasteiger charge is 2.48. The summed E-state index contributed by atoms with van der Waals surface area (Å²) in [5, 5.41) is 34.3. The zero-order valence-electron chi connectivity index (χ0n) is 17.1. The lowest BCUT2D eigenvalue weighted by Crippen LogP contribution is -2.58. The van der Waals surface area contributed by atoms with Crippen LogP contribution in [0.5, 0.6) is 5.75 Å². The first-order valence-electron chi connectivity index (χ1n) is 10.1. The van der Waals surface area contributed by atoms with Gasteiger partial charge in [-0.25, -0.2) is 0 Å². The first-order valence-corrected chi connectivity index (χ1v) is 10.1. The third kappa shape index (κ3) is 3.85. The van der Waals surface area contributed by atoms with Gasteiger partial charge in [0, 0.05) is 6.54 Å². The van der Waals surface area contributed by atoms with Crippen LogP contribution in [0.4, 0.5) is 5.69 Å². The van der Waals surface area contributed by atoms with Crippen molar-refractivity contribution in [1.82, 2.24) is 0 Å². The number of aliphatic hydroxyl groups is 3. The Morgan fingerprint density at radius 2 is 1.86 bits per heavy atom. The second kappa shape index (κ2) is 7.61. The molecule has 29 heavy (non-hydrogen) atoms. The summed E-state index contributed by atoms with van der Waals surface area (Å²) in [5.74, 6) is 0.874. The Labute approximate surface area is 171 Å². The average molecular weight is 399 g/mol. The highest BCUT2D eigenvalue weighted by atomic mass is 16.5. The minimum absolute atomic E-state index is 0.675. The summed E-state index contributed by atoms with van der Waals surface area (Å²) in [6.45, 7) is 6.97. The van der Waals surface area contributed by atoms with E-state index in [1.54, 1.807) is 13.8 Å². The van der Waals surface area contributed by atoms with Gasteiger partial charge in [-0.1, -0.05) is 24.3 Å². The predicted octanol–water partition coefficient (Wildman–Crippen LogP) is 2.32. The molecule has 4 atom stereocenters. The lowest BCUT2D eigenvalue weighted by atomic mass is 9.84. The second-order valence-electron chi connectivity index (χ2n) is 8.54. The van der Waals surface area contributed by atoms with Gasteiger partial charge in [-0.2, -0.15) is 0 Å².